The van der Waals surface area contributed by atoms with Crippen molar-refractivity contribution >= 4 is 0 Å². The molecule has 72 valence electrons. The van der Waals surface area contributed by atoms with E-state index in [0.717, 1.165) is 0 Å². The summed E-state index contributed by atoms with van der Waals surface area (Å²) in [7, 11) is 0. The van der Waals surface area contributed by atoms with Gasteiger partial charge in [-0.25, -0.2) is 5.10 Å². The molecule has 2 heterocycles. The Morgan fingerprint density at radius 2 is 2.36 bits per heavy atom. The van der Waals surface area contributed by atoms with Gasteiger partial charge in [-0.2, -0.15) is 10.1 Å². The van der Waals surface area contributed by atoms with Gasteiger partial charge in [0.05, 0.1) is 0 Å². The summed E-state index contributed by atoms with van der Waals surface area (Å²) >= 11 is 0. The van der Waals surface area contributed by atoms with Crippen LogP contribution in [0.15, 0.2) is 21.5 Å². The molecule has 0 saturated carbocycles. The van der Waals surface area contributed by atoms with Crippen molar-refractivity contribution in [2.75, 3.05) is 0 Å². The van der Waals surface area contributed by atoms with Crippen LogP contribution >= 0.6 is 0 Å². The van der Waals surface area contributed by atoms with Gasteiger partial charge in [0.1, 0.15) is 12.3 Å². The molecule has 2 aromatic heterocycles. The predicted octanol–water partition coefficient (Wildman–Crippen LogP) is -0.688. The maximum atomic E-state index is 10.7. The molecule has 2 rings (SSSR count). The summed E-state index contributed by atoms with van der Waals surface area (Å²) in [6.45, 7) is -0.299. The maximum Gasteiger partial charge on any atom is 0.278 e. The Kier molecular flexibility index (Phi) is 2.07. The SMILES string of the molecule is O=c1ccc(-c2nc(CO)no2)n[nH]1. The minimum Gasteiger partial charge on any atom is -0.388 e. The molecular formula is C7H6N4O3. The highest BCUT2D eigenvalue weighted by atomic mass is 16.5. The van der Waals surface area contributed by atoms with Crippen LogP contribution in [0.1, 0.15) is 5.82 Å². The Morgan fingerprint density at radius 3 is 2.93 bits per heavy atom. The molecule has 0 bridgehead atoms. The summed E-state index contributed by atoms with van der Waals surface area (Å²) in [4.78, 5) is 14.5. The van der Waals surface area contributed by atoms with Crippen LogP contribution in [0.25, 0.3) is 11.6 Å². The lowest BCUT2D eigenvalue weighted by molar-refractivity contribution is 0.264. The van der Waals surface area contributed by atoms with E-state index in [1.807, 2.05) is 0 Å². The van der Waals surface area contributed by atoms with Crippen LogP contribution in [0.3, 0.4) is 0 Å². The number of hydrogen-bond acceptors (Lipinski definition) is 6. The van der Waals surface area contributed by atoms with Crippen molar-refractivity contribution in [2.45, 2.75) is 6.61 Å². The van der Waals surface area contributed by atoms with E-state index in [1.54, 1.807) is 0 Å². The number of rotatable bonds is 2. The summed E-state index contributed by atoms with van der Waals surface area (Å²) in [6, 6.07) is 2.75. The zero-order chi connectivity index (χ0) is 9.97. The van der Waals surface area contributed by atoms with Gasteiger partial charge in [-0.05, 0) is 6.07 Å². The highest BCUT2D eigenvalue weighted by Crippen LogP contribution is 2.11. The number of aromatic amines is 1. The second kappa shape index (κ2) is 3.38. The Balaban J connectivity index is 2.39. The lowest BCUT2D eigenvalue weighted by Gasteiger charge is -1.88. The summed E-state index contributed by atoms with van der Waals surface area (Å²) in [5.41, 5.74) is 0.0486. The molecule has 2 N–H and O–H groups in total. The van der Waals surface area contributed by atoms with Crippen molar-refractivity contribution in [1.29, 1.82) is 0 Å². The molecule has 0 aromatic carbocycles. The van der Waals surface area contributed by atoms with E-state index in [2.05, 4.69) is 20.3 Å². The number of aliphatic hydroxyl groups is 1. The topological polar surface area (TPSA) is 105 Å². The molecule has 7 heteroatoms. The second-order valence-electron chi connectivity index (χ2n) is 2.48. The molecule has 0 unspecified atom stereocenters. The fourth-order valence-corrected chi connectivity index (χ4v) is 0.886. The highest BCUT2D eigenvalue weighted by molar-refractivity contribution is 5.44. The lowest BCUT2D eigenvalue weighted by atomic mass is 10.4. The average Bonchev–Trinajstić information content (AvgIpc) is 2.67. The number of aromatic nitrogens is 4. The minimum absolute atomic E-state index is 0.158. The first-order valence-corrected chi connectivity index (χ1v) is 3.79. The molecule has 0 aliphatic rings. The van der Waals surface area contributed by atoms with Crippen molar-refractivity contribution in [3.8, 4) is 11.6 Å². The van der Waals surface area contributed by atoms with Gasteiger partial charge in [0.2, 0.25) is 0 Å². The summed E-state index contributed by atoms with van der Waals surface area (Å²) in [6.07, 6.45) is 0. The van der Waals surface area contributed by atoms with Crippen LogP contribution in [0.4, 0.5) is 0 Å². The Labute approximate surface area is 77.4 Å². The van der Waals surface area contributed by atoms with Gasteiger partial charge in [0, 0.05) is 6.07 Å². The molecule has 0 spiro atoms. The number of nitrogens with one attached hydrogen (secondary N) is 1. The molecule has 14 heavy (non-hydrogen) atoms. The lowest BCUT2D eigenvalue weighted by Crippen LogP contribution is -2.05. The van der Waals surface area contributed by atoms with Crippen molar-refractivity contribution < 1.29 is 9.63 Å². The standard InChI is InChI=1S/C7H6N4O3/c12-3-5-8-7(14-11-5)4-1-2-6(13)10-9-4/h1-2,12H,3H2,(H,10,13). The van der Waals surface area contributed by atoms with Crippen LogP contribution in [-0.2, 0) is 6.61 Å². The van der Waals surface area contributed by atoms with E-state index in [4.69, 9.17) is 9.63 Å². The highest BCUT2D eigenvalue weighted by Gasteiger charge is 2.08. The quantitative estimate of drug-likeness (QED) is 0.655. The largest absolute Gasteiger partial charge is 0.388 e. The zero-order valence-electron chi connectivity index (χ0n) is 6.97. The first-order chi connectivity index (χ1) is 6.79. The number of aliphatic hydroxyl groups excluding tert-OH is 1. The van der Waals surface area contributed by atoms with Crippen LogP contribution < -0.4 is 5.56 Å². The Bertz CT molecular complexity index is 469. The number of nitrogens with zero attached hydrogens (tertiary/aromatic N) is 3. The Hall–Kier alpha value is -2.02. The van der Waals surface area contributed by atoms with E-state index >= 15 is 0 Å². The minimum atomic E-state index is -0.310. The zero-order valence-corrected chi connectivity index (χ0v) is 6.97. The molecule has 0 amide bonds. The third kappa shape index (κ3) is 1.52. The van der Waals surface area contributed by atoms with Gasteiger partial charge in [-0.15, -0.1) is 0 Å². The van der Waals surface area contributed by atoms with Gasteiger partial charge in [-0.3, -0.25) is 4.79 Å². The van der Waals surface area contributed by atoms with Crippen molar-refractivity contribution in [3.63, 3.8) is 0 Å². The molecule has 0 radical (unpaired) electrons. The van der Waals surface area contributed by atoms with Crippen molar-refractivity contribution in [3.05, 3.63) is 28.3 Å². The monoisotopic (exact) mass is 194 g/mol. The van der Waals surface area contributed by atoms with Gasteiger partial charge in [0.25, 0.3) is 11.4 Å². The molecular weight excluding hydrogens is 188 g/mol. The summed E-state index contributed by atoms with van der Waals surface area (Å²) < 4.78 is 4.78. The van der Waals surface area contributed by atoms with E-state index in [1.165, 1.54) is 12.1 Å². The molecule has 2 aromatic rings. The predicted molar refractivity (Wildman–Crippen MR) is 44.1 cm³/mol. The van der Waals surface area contributed by atoms with Gasteiger partial charge >= 0.3 is 0 Å². The molecule has 0 aliphatic heterocycles. The molecule has 0 fully saturated rings. The summed E-state index contributed by atoms with van der Waals surface area (Å²) in [5.74, 6) is 0.332. The van der Waals surface area contributed by atoms with Crippen LogP contribution in [0, 0.1) is 0 Å². The van der Waals surface area contributed by atoms with Gasteiger partial charge in [0.15, 0.2) is 5.82 Å². The van der Waals surface area contributed by atoms with E-state index in [0.29, 0.717) is 5.69 Å². The van der Waals surface area contributed by atoms with Crippen molar-refractivity contribution in [1.82, 2.24) is 20.3 Å². The molecule has 7 nitrogen and oxygen atoms in total. The molecule has 0 aliphatic carbocycles. The molecule has 0 atom stereocenters. The third-order valence-electron chi connectivity index (χ3n) is 1.51. The first kappa shape index (κ1) is 8.57. The molecule has 0 saturated heterocycles. The summed E-state index contributed by atoms with van der Waals surface area (Å²) in [5, 5.41) is 18.1. The van der Waals surface area contributed by atoms with Gasteiger partial charge < -0.3 is 9.63 Å². The van der Waals surface area contributed by atoms with Crippen LogP contribution in [0.5, 0.6) is 0 Å². The van der Waals surface area contributed by atoms with Gasteiger partial charge in [-0.1, -0.05) is 5.16 Å². The maximum absolute atomic E-state index is 10.7. The first-order valence-electron chi connectivity index (χ1n) is 3.79. The fourth-order valence-electron chi connectivity index (χ4n) is 0.886. The average molecular weight is 194 g/mol. The normalized spacial score (nSPS) is 10.4. The van der Waals surface area contributed by atoms with E-state index < -0.39 is 0 Å². The fraction of sp³-hybridized carbons (Fsp3) is 0.143. The van der Waals surface area contributed by atoms with E-state index in [9.17, 15) is 4.79 Å². The third-order valence-corrected chi connectivity index (χ3v) is 1.51. The number of hydrogen-bond donors (Lipinski definition) is 2. The van der Waals surface area contributed by atoms with E-state index in [-0.39, 0.29) is 23.9 Å². The Morgan fingerprint density at radius 1 is 1.50 bits per heavy atom. The number of H-pyrrole nitrogens is 1. The van der Waals surface area contributed by atoms with Crippen molar-refractivity contribution in [2.24, 2.45) is 0 Å². The van der Waals surface area contributed by atoms with Crippen LogP contribution in [0.2, 0.25) is 0 Å². The second-order valence-corrected chi connectivity index (χ2v) is 2.48. The van der Waals surface area contributed by atoms with Crippen LogP contribution in [-0.4, -0.2) is 25.4 Å². The smallest absolute Gasteiger partial charge is 0.278 e.